The van der Waals surface area contributed by atoms with Crippen molar-refractivity contribution in [1.29, 1.82) is 0 Å². The number of carbonyl (C=O) groups excluding carboxylic acids is 1. The predicted molar refractivity (Wildman–Crippen MR) is 138 cm³/mol. The number of hydrogen-bond acceptors (Lipinski definition) is 6. The van der Waals surface area contributed by atoms with Gasteiger partial charge in [0.2, 0.25) is 10.0 Å². The Morgan fingerprint density at radius 2 is 1.82 bits per heavy atom. The highest BCUT2D eigenvalue weighted by Crippen LogP contribution is 2.34. The third-order valence-electron chi connectivity index (χ3n) is 6.25. The molecular formula is C24H29ClF3N3O5S2. The van der Waals surface area contributed by atoms with Crippen LogP contribution in [0.1, 0.15) is 40.4 Å². The molecule has 0 bridgehead atoms. The molecule has 1 atom stereocenters. The van der Waals surface area contributed by atoms with Crippen LogP contribution in [0.2, 0.25) is 5.02 Å². The van der Waals surface area contributed by atoms with Gasteiger partial charge in [-0.25, -0.2) is 21.6 Å². The molecule has 1 fully saturated rings. The second kappa shape index (κ2) is 11.9. The Hall–Kier alpha value is -2.19. The summed E-state index contributed by atoms with van der Waals surface area (Å²) in [6.45, 7) is 2.39. The van der Waals surface area contributed by atoms with E-state index in [2.05, 4.69) is 10.0 Å². The summed E-state index contributed by atoms with van der Waals surface area (Å²) < 4.78 is 91.5. The number of alkyl halides is 3. The van der Waals surface area contributed by atoms with E-state index in [1.807, 2.05) is 4.90 Å². The fourth-order valence-electron chi connectivity index (χ4n) is 4.28. The SMILES string of the molecule is CCS(=O)(=O)c1ccc(Cl)cc1CNC(=O)c1ccc(CN2CC[C@@H](CNS(C)(=O)=O)C2)c(C(F)(F)F)c1. The Balaban J connectivity index is 1.74. The summed E-state index contributed by atoms with van der Waals surface area (Å²) in [5, 5.41) is 2.74. The molecule has 0 unspecified atom stereocenters. The lowest BCUT2D eigenvalue weighted by Crippen LogP contribution is -2.30. The molecule has 0 aromatic heterocycles. The molecule has 1 heterocycles. The molecule has 0 spiro atoms. The van der Waals surface area contributed by atoms with Crippen LogP contribution in [-0.2, 0) is 39.1 Å². The maximum atomic E-state index is 13.9. The number of nitrogens with one attached hydrogen (secondary N) is 2. The summed E-state index contributed by atoms with van der Waals surface area (Å²) >= 11 is 5.98. The van der Waals surface area contributed by atoms with Gasteiger partial charge in [0.1, 0.15) is 0 Å². The van der Waals surface area contributed by atoms with Crippen LogP contribution in [0.4, 0.5) is 13.2 Å². The smallest absolute Gasteiger partial charge is 0.348 e. The zero-order chi connectivity index (χ0) is 28.3. The second-order valence-corrected chi connectivity index (χ2v) is 13.7. The van der Waals surface area contributed by atoms with E-state index >= 15 is 0 Å². The van der Waals surface area contributed by atoms with Crippen molar-refractivity contribution in [3.8, 4) is 0 Å². The van der Waals surface area contributed by atoms with E-state index < -0.39 is 37.5 Å². The lowest BCUT2D eigenvalue weighted by atomic mass is 10.0. The van der Waals surface area contributed by atoms with Gasteiger partial charge in [-0.15, -0.1) is 0 Å². The van der Waals surface area contributed by atoms with Crippen LogP contribution < -0.4 is 10.0 Å². The van der Waals surface area contributed by atoms with Crippen molar-refractivity contribution >= 4 is 37.4 Å². The van der Waals surface area contributed by atoms with E-state index in [-0.39, 0.29) is 57.9 Å². The Bertz CT molecular complexity index is 1400. The molecule has 0 saturated carbocycles. The van der Waals surface area contributed by atoms with Gasteiger partial charge in [0, 0.05) is 36.8 Å². The number of amides is 1. The summed E-state index contributed by atoms with van der Waals surface area (Å²) in [6.07, 6.45) is -3.02. The van der Waals surface area contributed by atoms with Gasteiger partial charge >= 0.3 is 6.18 Å². The normalized spacial score (nSPS) is 17.1. The lowest BCUT2D eigenvalue weighted by molar-refractivity contribution is -0.138. The van der Waals surface area contributed by atoms with E-state index in [0.717, 1.165) is 12.3 Å². The van der Waals surface area contributed by atoms with Crippen LogP contribution in [0.5, 0.6) is 0 Å². The summed E-state index contributed by atoms with van der Waals surface area (Å²) in [5.41, 5.74) is -0.939. The molecule has 3 rings (SSSR count). The van der Waals surface area contributed by atoms with Crippen LogP contribution in [0.3, 0.4) is 0 Å². The molecule has 0 radical (unpaired) electrons. The highest BCUT2D eigenvalue weighted by atomic mass is 35.5. The first-order valence-corrected chi connectivity index (χ1v) is 15.7. The third-order valence-corrected chi connectivity index (χ3v) is 9.01. The van der Waals surface area contributed by atoms with E-state index in [1.54, 1.807) is 0 Å². The van der Waals surface area contributed by atoms with Crippen molar-refractivity contribution in [1.82, 2.24) is 14.9 Å². The molecule has 1 aliphatic heterocycles. The van der Waals surface area contributed by atoms with Crippen molar-refractivity contribution < 1.29 is 34.8 Å². The number of halogens is 4. The number of benzene rings is 2. The van der Waals surface area contributed by atoms with Gasteiger partial charge in [0.25, 0.3) is 5.91 Å². The van der Waals surface area contributed by atoms with E-state index in [1.165, 1.54) is 37.3 Å². The molecular weight excluding hydrogens is 567 g/mol. The van der Waals surface area contributed by atoms with Crippen molar-refractivity contribution in [3.05, 3.63) is 63.7 Å². The summed E-state index contributed by atoms with van der Waals surface area (Å²) in [5.74, 6) is -0.982. The van der Waals surface area contributed by atoms with Gasteiger partial charge in [-0.2, -0.15) is 13.2 Å². The number of rotatable bonds is 10. The minimum absolute atomic E-state index is 0.00283. The minimum Gasteiger partial charge on any atom is -0.348 e. The topological polar surface area (TPSA) is 113 Å². The molecule has 0 aliphatic carbocycles. The first kappa shape index (κ1) is 30.4. The summed E-state index contributed by atoms with van der Waals surface area (Å²) in [6, 6.07) is 7.47. The molecule has 1 aliphatic rings. The van der Waals surface area contributed by atoms with Gasteiger partial charge in [-0.05, 0) is 60.3 Å². The number of sulfonamides is 1. The molecule has 2 aromatic carbocycles. The predicted octanol–water partition coefficient (Wildman–Crippen LogP) is 3.45. The maximum absolute atomic E-state index is 13.9. The average Bonchev–Trinajstić information content (AvgIpc) is 3.27. The van der Waals surface area contributed by atoms with Gasteiger partial charge in [-0.3, -0.25) is 9.69 Å². The first-order chi connectivity index (χ1) is 17.6. The standard InChI is InChI=1S/C24H29ClF3N3O5S2/c1-3-38(35,36)22-7-6-20(25)10-19(22)13-29-23(32)17-4-5-18(21(11-17)24(26,27)28)15-31-9-8-16(14-31)12-30-37(2,33)34/h4-7,10-11,16,30H,3,8-9,12-15H2,1-2H3,(H,29,32)/t16-/m0/s1. The lowest BCUT2D eigenvalue weighted by Gasteiger charge is -2.20. The van der Waals surface area contributed by atoms with Gasteiger partial charge in [-0.1, -0.05) is 24.6 Å². The van der Waals surface area contributed by atoms with Crippen LogP contribution in [-0.4, -0.2) is 59.3 Å². The number of hydrogen-bond donors (Lipinski definition) is 2. The summed E-state index contributed by atoms with van der Waals surface area (Å²) in [7, 11) is -6.97. The number of carbonyl (C=O) groups is 1. The molecule has 1 saturated heterocycles. The zero-order valence-electron chi connectivity index (χ0n) is 20.8. The van der Waals surface area contributed by atoms with Crippen LogP contribution >= 0.6 is 11.6 Å². The van der Waals surface area contributed by atoms with E-state index in [0.29, 0.717) is 19.5 Å². The van der Waals surface area contributed by atoms with Crippen LogP contribution in [0.25, 0.3) is 0 Å². The zero-order valence-corrected chi connectivity index (χ0v) is 23.2. The highest BCUT2D eigenvalue weighted by molar-refractivity contribution is 7.91. The third kappa shape index (κ3) is 8.15. The molecule has 2 aromatic rings. The van der Waals surface area contributed by atoms with Gasteiger partial charge in [0.15, 0.2) is 9.84 Å². The van der Waals surface area contributed by atoms with Gasteiger partial charge < -0.3 is 5.32 Å². The van der Waals surface area contributed by atoms with E-state index in [9.17, 15) is 34.8 Å². The molecule has 8 nitrogen and oxygen atoms in total. The Kier molecular flexibility index (Phi) is 9.51. The Morgan fingerprint density at radius 3 is 2.45 bits per heavy atom. The van der Waals surface area contributed by atoms with Crippen molar-refractivity contribution in [3.63, 3.8) is 0 Å². The Morgan fingerprint density at radius 1 is 1.11 bits per heavy atom. The van der Waals surface area contributed by atoms with E-state index in [4.69, 9.17) is 11.6 Å². The fourth-order valence-corrected chi connectivity index (χ4v) is 6.13. The highest BCUT2D eigenvalue weighted by Gasteiger charge is 2.35. The quantitative estimate of drug-likeness (QED) is 0.435. The molecule has 1 amide bonds. The average molecular weight is 596 g/mol. The Labute approximate surface area is 225 Å². The van der Waals surface area contributed by atoms with Crippen molar-refractivity contribution in [2.45, 2.75) is 37.5 Å². The fraction of sp³-hybridized carbons (Fsp3) is 0.458. The largest absolute Gasteiger partial charge is 0.416 e. The van der Waals surface area contributed by atoms with Crippen LogP contribution in [0.15, 0.2) is 41.3 Å². The van der Waals surface area contributed by atoms with Gasteiger partial charge in [0.05, 0.1) is 22.5 Å². The second-order valence-electron chi connectivity index (χ2n) is 9.22. The first-order valence-electron chi connectivity index (χ1n) is 11.8. The van der Waals surface area contributed by atoms with Crippen LogP contribution in [0, 0.1) is 5.92 Å². The molecule has 14 heteroatoms. The number of sulfone groups is 1. The summed E-state index contributed by atoms with van der Waals surface area (Å²) in [4.78, 5) is 14.5. The molecule has 210 valence electrons. The maximum Gasteiger partial charge on any atom is 0.416 e. The minimum atomic E-state index is -4.71. The van der Waals surface area contributed by atoms with Crippen molar-refractivity contribution in [2.75, 3.05) is 31.6 Å². The molecule has 2 N–H and O–H groups in total. The monoisotopic (exact) mass is 595 g/mol. The number of nitrogens with zero attached hydrogens (tertiary/aromatic N) is 1. The number of likely N-dealkylation sites (tertiary alicyclic amines) is 1. The molecule has 38 heavy (non-hydrogen) atoms. The van der Waals surface area contributed by atoms with Crippen molar-refractivity contribution in [2.24, 2.45) is 5.92 Å².